The van der Waals surface area contributed by atoms with Gasteiger partial charge in [0, 0.05) is 22.7 Å². The van der Waals surface area contributed by atoms with Crippen molar-refractivity contribution in [3.63, 3.8) is 0 Å². The van der Waals surface area contributed by atoms with Gasteiger partial charge in [-0.15, -0.1) is 24.9 Å². The van der Waals surface area contributed by atoms with E-state index in [0.29, 0.717) is 12.8 Å². The van der Waals surface area contributed by atoms with Crippen molar-refractivity contribution in [3.8, 4) is 5.75 Å². The van der Waals surface area contributed by atoms with Crippen LogP contribution < -0.4 is 15.4 Å². The Morgan fingerprint density at radius 2 is 1.81 bits per heavy atom. The average molecular weight is 454 g/mol. The smallest absolute Gasteiger partial charge is 0.480 e. The molecule has 0 radical (unpaired) electrons. The zero-order valence-corrected chi connectivity index (χ0v) is 17.6. The Morgan fingerprint density at radius 1 is 1.10 bits per heavy atom. The van der Waals surface area contributed by atoms with Crippen LogP contribution in [0.15, 0.2) is 47.4 Å². The van der Waals surface area contributed by atoms with Crippen LogP contribution in [0.2, 0.25) is 0 Å². The molecule has 0 aliphatic heterocycles. The lowest BCUT2D eigenvalue weighted by molar-refractivity contribution is -0.274. The van der Waals surface area contributed by atoms with Gasteiger partial charge in [-0.2, -0.15) is 0 Å². The summed E-state index contributed by atoms with van der Waals surface area (Å²) >= 11 is 1.25. The number of urea groups is 1. The Kier molecular flexibility index (Phi) is 6.40. The summed E-state index contributed by atoms with van der Waals surface area (Å²) in [5.74, 6) is -1.33. The number of ether oxygens (including phenoxy) is 1. The maximum Gasteiger partial charge on any atom is 0.573 e. The minimum atomic E-state index is -4.81. The van der Waals surface area contributed by atoms with E-state index in [1.54, 1.807) is 13.8 Å². The molecule has 1 atom stereocenters. The van der Waals surface area contributed by atoms with Crippen molar-refractivity contribution in [1.29, 1.82) is 0 Å². The summed E-state index contributed by atoms with van der Waals surface area (Å²) in [6, 6.07) is 10.0. The number of thioether (sulfide) groups is 1. The molecule has 31 heavy (non-hydrogen) atoms. The van der Waals surface area contributed by atoms with Gasteiger partial charge in [-0.1, -0.05) is 12.1 Å². The van der Waals surface area contributed by atoms with E-state index < -0.39 is 28.9 Å². The largest absolute Gasteiger partial charge is 0.573 e. The molecule has 1 unspecified atom stereocenters. The number of hydrogen-bond acceptors (Lipinski definition) is 4. The highest BCUT2D eigenvalue weighted by Gasteiger charge is 2.31. The highest BCUT2D eigenvalue weighted by atomic mass is 32.2. The van der Waals surface area contributed by atoms with E-state index in [4.69, 9.17) is 0 Å². The standard InChI is InChI=1S/C21H21F3N2O4S/c1-20(2,18(27)28)31-17-7-6-12-8-15(9-13(12)10-17)26-19(29)25-14-4-3-5-16(11-14)30-21(22,23)24/h3-7,10-11,15H,8-9H2,1-2H3,(H,27,28)(H2,25,26,29). The quantitative estimate of drug-likeness (QED) is 0.545. The Labute approximate surface area is 181 Å². The number of rotatable bonds is 6. The van der Waals surface area contributed by atoms with Crippen molar-refractivity contribution in [3.05, 3.63) is 53.6 Å². The summed E-state index contributed by atoms with van der Waals surface area (Å²) in [5.41, 5.74) is 2.25. The topological polar surface area (TPSA) is 87.7 Å². The van der Waals surface area contributed by atoms with Crippen LogP contribution in [-0.2, 0) is 17.6 Å². The second-order valence-corrected chi connectivity index (χ2v) is 9.32. The summed E-state index contributed by atoms with van der Waals surface area (Å²) in [7, 11) is 0. The summed E-state index contributed by atoms with van der Waals surface area (Å²) in [5, 5.41) is 14.6. The van der Waals surface area contributed by atoms with Crippen LogP contribution in [0, 0.1) is 0 Å². The molecule has 2 amide bonds. The van der Waals surface area contributed by atoms with E-state index >= 15 is 0 Å². The van der Waals surface area contributed by atoms with Gasteiger partial charge < -0.3 is 20.5 Å². The van der Waals surface area contributed by atoms with Crippen molar-refractivity contribution in [2.45, 2.75) is 48.7 Å². The first-order valence-electron chi connectivity index (χ1n) is 9.39. The predicted octanol–water partition coefficient (Wildman–Crippen LogP) is 4.83. The maximum atomic E-state index is 12.3. The lowest BCUT2D eigenvalue weighted by Gasteiger charge is -2.18. The summed E-state index contributed by atoms with van der Waals surface area (Å²) in [6.07, 6.45) is -3.64. The third-order valence-corrected chi connectivity index (χ3v) is 5.83. The molecule has 166 valence electrons. The van der Waals surface area contributed by atoms with Crippen LogP contribution in [0.1, 0.15) is 25.0 Å². The number of carbonyl (C=O) groups is 2. The van der Waals surface area contributed by atoms with Gasteiger partial charge in [0.05, 0.1) is 0 Å². The number of aliphatic carboxylic acids is 1. The molecule has 0 saturated carbocycles. The zero-order valence-electron chi connectivity index (χ0n) is 16.7. The molecule has 0 fully saturated rings. The lowest BCUT2D eigenvalue weighted by atomic mass is 10.1. The van der Waals surface area contributed by atoms with Gasteiger partial charge in [0.25, 0.3) is 0 Å². The molecule has 2 aromatic rings. The number of amides is 2. The van der Waals surface area contributed by atoms with Crippen molar-refractivity contribution in [2.75, 3.05) is 5.32 Å². The number of carbonyl (C=O) groups excluding carboxylic acids is 1. The number of halogens is 3. The lowest BCUT2D eigenvalue weighted by Crippen LogP contribution is -2.38. The van der Waals surface area contributed by atoms with E-state index in [9.17, 15) is 27.9 Å². The molecular weight excluding hydrogens is 433 g/mol. The molecule has 0 bridgehead atoms. The van der Waals surface area contributed by atoms with Gasteiger partial charge in [-0.05, 0) is 62.1 Å². The second-order valence-electron chi connectivity index (χ2n) is 7.63. The van der Waals surface area contributed by atoms with E-state index in [1.165, 1.54) is 23.9 Å². The summed E-state index contributed by atoms with van der Waals surface area (Å²) in [6.45, 7) is 3.27. The molecular formula is C21H21F3N2O4S. The zero-order chi connectivity index (χ0) is 22.8. The first-order valence-corrected chi connectivity index (χ1v) is 10.2. The maximum absolute atomic E-state index is 12.3. The van der Waals surface area contributed by atoms with Crippen LogP contribution in [-0.4, -0.2) is 34.3 Å². The first-order chi connectivity index (χ1) is 14.4. The van der Waals surface area contributed by atoms with E-state index in [2.05, 4.69) is 15.4 Å². The Hall–Kier alpha value is -2.88. The molecule has 0 spiro atoms. The van der Waals surface area contributed by atoms with Crippen molar-refractivity contribution >= 4 is 29.4 Å². The van der Waals surface area contributed by atoms with E-state index in [-0.39, 0.29) is 11.7 Å². The van der Waals surface area contributed by atoms with Crippen LogP contribution in [0.5, 0.6) is 5.75 Å². The van der Waals surface area contributed by atoms with Gasteiger partial charge in [0.2, 0.25) is 0 Å². The molecule has 0 aromatic heterocycles. The number of hydrogen-bond donors (Lipinski definition) is 3. The first kappa shape index (κ1) is 22.8. The fourth-order valence-corrected chi connectivity index (χ4v) is 4.24. The fourth-order valence-electron chi connectivity index (χ4n) is 3.22. The normalized spacial score (nSPS) is 15.8. The van der Waals surface area contributed by atoms with Crippen LogP contribution in [0.25, 0.3) is 0 Å². The van der Waals surface area contributed by atoms with Gasteiger partial charge in [-0.25, -0.2) is 4.79 Å². The number of carboxylic acid groups (broad SMARTS) is 1. The molecule has 0 heterocycles. The van der Waals surface area contributed by atoms with Gasteiger partial charge >= 0.3 is 18.4 Å². The average Bonchev–Trinajstić information content (AvgIpc) is 3.01. The van der Waals surface area contributed by atoms with Crippen molar-refractivity contribution < 1.29 is 32.6 Å². The third kappa shape index (κ3) is 6.30. The SMILES string of the molecule is CC(C)(Sc1ccc2c(c1)CC(NC(=O)Nc1cccc(OC(F)(F)F)c1)C2)C(=O)O. The van der Waals surface area contributed by atoms with E-state index in [0.717, 1.165) is 28.2 Å². The number of anilines is 1. The van der Waals surface area contributed by atoms with Crippen LogP contribution >= 0.6 is 11.8 Å². The number of benzene rings is 2. The minimum Gasteiger partial charge on any atom is -0.480 e. The van der Waals surface area contributed by atoms with Crippen LogP contribution in [0.4, 0.5) is 23.7 Å². The van der Waals surface area contributed by atoms with Gasteiger partial charge in [-0.3, -0.25) is 4.79 Å². The summed E-state index contributed by atoms with van der Waals surface area (Å²) < 4.78 is 39.9. The Bertz CT molecular complexity index is 995. The van der Waals surface area contributed by atoms with Crippen molar-refractivity contribution in [2.24, 2.45) is 0 Å². The molecule has 0 saturated heterocycles. The Morgan fingerprint density at radius 3 is 2.48 bits per heavy atom. The predicted molar refractivity (Wildman–Crippen MR) is 110 cm³/mol. The monoisotopic (exact) mass is 454 g/mol. The molecule has 6 nitrogen and oxygen atoms in total. The number of carboxylic acids is 1. The van der Waals surface area contributed by atoms with Gasteiger partial charge in [0.1, 0.15) is 10.5 Å². The molecule has 1 aliphatic rings. The fraction of sp³-hybridized carbons (Fsp3) is 0.333. The number of nitrogens with one attached hydrogen (secondary N) is 2. The van der Waals surface area contributed by atoms with Crippen LogP contribution in [0.3, 0.4) is 0 Å². The van der Waals surface area contributed by atoms with Gasteiger partial charge in [0.15, 0.2) is 0 Å². The second kappa shape index (κ2) is 8.70. The Balaban J connectivity index is 1.58. The molecule has 2 aromatic carbocycles. The molecule has 1 aliphatic carbocycles. The van der Waals surface area contributed by atoms with E-state index in [1.807, 2.05) is 18.2 Å². The third-order valence-electron chi connectivity index (χ3n) is 4.66. The number of fused-ring (bicyclic) bond motifs is 1. The summed E-state index contributed by atoms with van der Waals surface area (Å²) in [4.78, 5) is 24.5. The number of alkyl halides is 3. The highest BCUT2D eigenvalue weighted by molar-refractivity contribution is 8.01. The minimum absolute atomic E-state index is 0.171. The molecule has 3 N–H and O–H groups in total. The molecule has 10 heteroatoms. The van der Waals surface area contributed by atoms with Crippen molar-refractivity contribution in [1.82, 2.24) is 5.32 Å². The molecule has 3 rings (SSSR count). The highest BCUT2D eigenvalue weighted by Crippen LogP contribution is 2.35.